The molecule has 0 aliphatic rings. The van der Waals surface area contributed by atoms with Crippen LogP contribution in [0.15, 0.2) is 48.4 Å². The molecule has 22 heavy (non-hydrogen) atoms. The van der Waals surface area contributed by atoms with Crippen molar-refractivity contribution in [1.82, 2.24) is 14.9 Å². The highest BCUT2D eigenvalue weighted by molar-refractivity contribution is 7.10. The van der Waals surface area contributed by atoms with Crippen LogP contribution < -0.4 is 10.7 Å². The number of rotatable bonds is 5. The molecule has 2 heterocycles. The first kappa shape index (κ1) is 14.3. The quantitative estimate of drug-likeness (QED) is 0.759. The number of benzene rings is 1. The number of thiophene rings is 1. The van der Waals surface area contributed by atoms with E-state index < -0.39 is 0 Å². The molecule has 0 fully saturated rings. The van der Waals surface area contributed by atoms with Gasteiger partial charge < -0.3 is 5.32 Å². The standard InChI is InChI=1S/C15H15N5OS/c1-11-5-6-22-14(11)8-16-13-4-2-3-12(7-13)15(21)19-20-9-17-18-10-20/h2-7,9-10,16H,8H2,1H3,(H,19,21). The first-order chi connectivity index (χ1) is 10.7. The number of carbonyl (C=O) groups is 1. The van der Waals surface area contributed by atoms with E-state index in [2.05, 4.69) is 39.3 Å². The van der Waals surface area contributed by atoms with Gasteiger partial charge in [0.2, 0.25) is 0 Å². The lowest BCUT2D eigenvalue weighted by Crippen LogP contribution is -2.21. The number of nitrogens with zero attached hydrogens (tertiary/aromatic N) is 3. The van der Waals surface area contributed by atoms with Gasteiger partial charge in [0, 0.05) is 22.7 Å². The van der Waals surface area contributed by atoms with Gasteiger partial charge >= 0.3 is 0 Å². The summed E-state index contributed by atoms with van der Waals surface area (Å²) in [7, 11) is 0. The lowest BCUT2D eigenvalue weighted by Gasteiger charge is -2.09. The van der Waals surface area contributed by atoms with Crippen molar-refractivity contribution in [2.24, 2.45) is 0 Å². The van der Waals surface area contributed by atoms with Crippen LogP contribution in [-0.2, 0) is 6.54 Å². The van der Waals surface area contributed by atoms with Crippen LogP contribution in [-0.4, -0.2) is 20.8 Å². The topological polar surface area (TPSA) is 71.8 Å². The number of carbonyl (C=O) groups excluding carboxylic acids is 1. The molecule has 3 aromatic rings. The molecule has 0 aliphatic carbocycles. The minimum atomic E-state index is -0.212. The van der Waals surface area contributed by atoms with Crippen LogP contribution >= 0.6 is 11.3 Å². The summed E-state index contributed by atoms with van der Waals surface area (Å²) in [5, 5.41) is 12.7. The predicted octanol–water partition coefficient (Wildman–Crippen LogP) is 2.64. The van der Waals surface area contributed by atoms with Crippen molar-refractivity contribution in [3.05, 3.63) is 64.4 Å². The van der Waals surface area contributed by atoms with E-state index in [9.17, 15) is 4.79 Å². The predicted molar refractivity (Wildman–Crippen MR) is 86.5 cm³/mol. The molecular formula is C15H15N5OS. The van der Waals surface area contributed by atoms with E-state index >= 15 is 0 Å². The first-order valence-electron chi connectivity index (χ1n) is 6.75. The van der Waals surface area contributed by atoms with E-state index in [1.165, 1.54) is 27.8 Å². The molecule has 1 aromatic carbocycles. The molecule has 0 saturated carbocycles. The maximum atomic E-state index is 12.1. The van der Waals surface area contributed by atoms with E-state index in [0.29, 0.717) is 5.56 Å². The lowest BCUT2D eigenvalue weighted by atomic mass is 10.2. The number of nitrogens with one attached hydrogen (secondary N) is 2. The molecule has 7 heteroatoms. The largest absolute Gasteiger partial charge is 0.380 e. The second-order valence-electron chi connectivity index (χ2n) is 4.77. The molecular weight excluding hydrogens is 298 g/mol. The van der Waals surface area contributed by atoms with Crippen molar-refractivity contribution in [1.29, 1.82) is 0 Å². The molecule has 3 rings (SSSR count). The number of aryl methyl sites for hydroxylation is 1. The van der Waals surface area contributed by atoms with E-state index in [4.69, 9.17) is 0 Å². The molecule has 0 bridgehead atoms. The van der Waals surface area contributed by atoms with Crippen molar-refractivity contribution in [2.75, 3.05) is 10.7 Å². The summed E-state index contributed by atoms with van der Waals surface area (Å²) in [6.07, 6.45) is 2.86. The fourth-order valence-electron chi connectivity index (χ4n) is 1.98. The molecule has 6 nitrogen and oxygen atoms in total. The monoisotopic (exact) mass is 313 g/mol. The smallest absolute Gasteiger partial charge is 0.270 e. The van der Waals surface area contributed by atoms with Gasteiger partial charge in [0.15, 0.2) is 0 Å². The van der Waals surface area contributed by atoms with Crippen LogP contribution in [0, 0.1) is 6.92 Å². The SMILES string of the molecule is Cc1ccsc1CNc1cccc(C(=O)Nn2cnnc2)c1. The molecule has 0 radical (unpaired) electrons. The second-order valence-corrected chi connectivity index (χ2v) is 5.77. The van der Waals surface area contributed by atoms with E-state index in [-0.39, 0.29) is 5.91 Å². The Morgan fingerprint density at radius 1 is 1.27 bits per heavy atom. The van der Waals surface area contributed by atoms with E-state index in [1.807, 2.05) is 18.2 Å². The number of hydrogen-bond donors (Lipinski definition) is 2. The first-order valence-corrected chi connectivity index (χ1v) is 7.63. The summed E-state index contributed by atoms with van der Waals surface area (Å²) in [5.41, 5.74) is 5.43. The summed E-state index contributed by atoms with van der Waals surface area (Å²) < 4.78 is 1.41. The van der Waals surface area contributed by atoms with Crippen molar-refractivity contribution in [3.63, 3.8) is 0 Å². The molecule has 0 saturated heterocycles. The Morgan fingerprint density at radius 2 is 2.09 bits per heavy atom. The van der Waals surface area contributed by atoms with Gasteiger partial charge in [0.25, 0.3) is 5.91 Å². The number of hydrogen-bond acceptors (Lipinski definition) is 5. The Labute approximate surface area is 131 Å². The van der Waals surface area contributed by atoms with Crippen LogP contribution in [0.1, 0.15) is 20.8 Å². The summed E-state index contributed by atoms with van der Waals surface area (Å²) in [6.45, 7) is 2.84. The van der Waals surface area contributed by atoms with Gasteiger partial charge in [0.1, 0.15) is 12.7 Å². The Morgan fingerprint density at radius 3 is 2.82 bits per heavy atom. The van der Waals surface area contributed by atoms with Crippen LogP contribution in [0.4, 0.5) is 5.69 Å². The molecule has 0 unspecified atom stereocenters. The summed E-state index contributed by atoms with van der Waals surface area (Å²) >= 11 is 1.72. The molecule has 0 spiro atoms. The van der Waals surface area contributed by atoms with Gasteiger partial charge in [-0.15, -0.1) is 21.5 Å². The van der Waals surface area contributed by atoms with Crippen molar-refractivity contribution in [3.8, 4) is 0 Å². The number of aromatic nitrogens is 3. The Kier molecular flexibility index (Phi) is 4.15. The van der Waals surface area contributed by atoms with Crippen LogP contribution in [0.3, 0.4) is 0 Å². The Balaban J connectivity index is 1.67. The normalized spacial score (nSPS) is 10.4. The van der Waals surface area contributed by atoms with Gasteiger partial charge in [-0.1, -0.05) is 6.07 Å². The van der Waals surface area contributed by atoms with Crippen LogP contribution in [0.5, 0.6) is 0 Å². The number of amides is 1. The zero-order chi connectivity index (χ0) is 15.4. The van der Waals surface area contributed by atoms with Gasteiger partial charge in [0.05, 0.1) is 0 Å². The van der Waals surface area contributed by atoms with Crippen molar-refractivity contribution < 1.29 is 4.79 Å². The van der Waals surface area contributed by atoms with Crippen LogP contribution in [0.2, 0.25) is 0 Å². The molecule has 2 aromatic heterocycles. The van der Waals surface area contributed by atoms with Gasteiger partial charge in [-0.25, -0.2) is 4.68 Å². The lowest BCUT2D eigenvalue weighted by molar-refractivity contribution is 0.101. The average molecular weight is 313 g/mol. The maximum Gasteiger partial charge on any atom is 0.270 e. The Bertz CT molecular complexity index is 766. The number of anilines is 1. The summed E-state index contributed by atoms with van der Waals surface area (Å²) in [5.74, 6) is -0.212. The highest BCUT2D eigenvalue weighted by atomic mass is 32.1. The highest BCUT2D eigenvalue weighted by Crippen LogP contribution is 2.18. The van der Waals surface area contributed by atoms with Gasteiger partial charge in [-0.05, 0) is 42.1 Å². The fourth-order valence-corrected chi connectivity index (χ4v) is 2.82. The summed E-state index contributed by atoms with van der Waals surface area (Å²) in [4.78, 5) is 13.4. The van der Waals surface area contributed by atoms with Crippen LogP contribution in [0.25, 0.3) is 0 Å². The Hall–Kier alpha value is -2.67. The van der Waals surface area contributed by atoms with Gasteiger partial charge in [-0.2, -0.15) is 0 Å². The third kappa shape index (κ3) is 3.32. The zero-order valence-corrected chi connectivity index (χ0v) is 12.8. The maximum absolute atomic E-state index is 12.1. The molecule has 112 valence electrons. The third-order valence-electron chi connectivity index (χ3n) is 3.20. The van der Waals surface area contributed by atoms with Crippen molar-refractivity contribution in [2.45, 2.75) is 13.5 Å². The third-order valence-corrected chi connectivity index (χ3v) is 4.22. The molecule has 1 amide bonds. The fraction of sp³-hybridized carbons (Fsp3) is 0.133. The van der Waals surface area contributed by atoms with Gasteiger partial charge in [-0.3, -0.25) is 10.2 Å². The van der Waals surface area contributed by atoms with E-state index in [0.717, 1.165) is 12.2 Å². The summed E-state index contributed by atoms with van der Waals surface area (Å²) in [6, 6.07) is 9.48. The second kappa shape index (κ2) is 6.40. The minimum Gasteiger partial charge on any atom is -0.380 e. The zero-order valence-electron chi connectivity index (χ0n) is 12.0. The van der Waals surface area contributed by atoms with E-state index in [1.54, 1.807) is 17.4 Å². The molecule has 0 atom stereocenters. The van der Waals surface area contributed by atoms with Crippen molar-refractivity contribution >= 4 is 22.9 Å². The molecule has 2 N–H and O–H groups in total. The molecule has 0 aliphatic heterocycles. The highest BCUT2D eigenvalue weighted by Gasteiger charge is 2.07. The minimum absolute atomic E-state index is 0.212. The average Bonchev–Trinajstić information content (AvgIpc) is 3.17.